The molecule has 2 heterocycles. The molecular formula is C22H26F2N2O3. The van der Waals surface area contributed by atoms with Gasteiger partial charge in [0.2, 0.25) is 5.88 Å². The number of hydrogen-bond acceptors (Lipinski definition) is 4. The fourth-order valence-electron chi connectivity index (χ4n) is 3.16. The summed E-state index contributed by atoms with van der Waals surface area (Å²) >= 11 is 0. The van der Waals surface area contributed by atoms with E-state index in [0.29, 0.717) is 18.1 Å². The number of rotatable bonds is 4. The maximum Gasteiger partial charge on any atom is 0.410 e. The van der Waals surface area contributed by atoms with Crippen molar-refractivity contribution in [3.63, 3.8) is 0 Å². The van der Waals surface area contributed by atoms with Gasteiger partial charge >= 0.3 is 6.09 Å². The molecule has 1 fully saturated rings. The van der Waals surface area contributed by atoms with Gasteiger partial charge in [0.1, 0.15) is 12.2 Å². The standard InChI is InChI=1S/C22H26F2N2O3/c1-21(2,3)29-20(27)26-12-11-22(23,24)18(14-26)17-9-10-19(25-13-17)28-15-16-7-5-4-6-8-16/h4-10,13,18H,11-12,14-15H2,1-3H3/t18-/m1/s1. The second kappa shape index (κ2) is 8.35. The normalized spacial score (nSPS) is 18.9. The van der Waals surface area contributed by atoms with Crippen molar-refractivity contribution in [2.24, 2.45) is 0 Å². The van der Waals surface area contributed by atoms with Gasteiger partial charge in [-0.05, 0) is 31.9 Å². The molecule has 5 nitrogen and oxygen atoms in total. The molecule has 1 saturated heterocycles. The molecule has 2 aromatic rings. The van der Waals surface area contributed by atoms with Crippen LogP contribution in [0.2, 0.25) is 0 Å². The lowest BCUT2D eigenvalue weighted by atomic mass is 9.88. The summed E-state index contributed by atoms with van der Waals surface area (Å²) in [7, 11) is 0. The maximum absolute atomic E-state index is 14.6. The van der Waals surface area contributed by atoms with E-state index in [4.69, 9.17) is 9.47 Å². The van der Waals surface area contributed by atoms with E-state index in [2.05, 4.69) is 4.98 Å². The molecular weight excluding hydrogens is 378 g/mol. The fraction of sp³-hybridized carbons (Fsp3) is 0.455. The zero-order chi connectivity index (χ0) is 21.1. The van der Waals surface area contributed by atoms with Crippen LogP contribution in [0.15, 0.2) is 48.7 Å². The van der Waals surface area contributed by atoms with Crippen molar-refractivity contribution < 1.29 is 23.0 Å². The monoisotopic (exact) mass is 404 g/mol. The number of hydrogen-bond donors (Lipinski definition) is 0. The lowest BCUT2D eigenvalue weighted by Crippen LogP contribution is -2.49. The van der Waals surface area contributed by atoms with E-state index in [9.17, 15) is 13.6 Å². The number of piperidine rings is 1. The number of halogens is 2. The van der Waals surface area contributed by atoms with Gasteiger partial charge in [0.15, 0.2) is 0 Å². The molecule has 29 heavy (non-hydrogen) atoms. The zero-order valence-corrected chi connectivity index (χ0v) is 16.9. The summed E-state index contributed by atoms with van der Waals surface area (Å²) < 4.78 is 40.1. The minimum Gasteiger partial charge on any atom is -0.473 e. The third kappa shape index (κ3) is 5.65. The summed E-state index contributed by atoms with van der Waals surface area (Å²) in [4.78, 5) is 17.8. The van der Waals surface area contributed by atoms with E-state index in [-0.39, 0.29) is 13.1 Å². The second-order valence-corrected chi connectivity index (χ2v) is 8.19. The van der Waals surface area contributed by atoms with Crippen LogP contribution in [-0.4, -0.2) is 40.6 Å². The number of amides is 1. The average molecular weight is 404 g/mol. The lowest BCUT2D eigenvalue weighted by molar-refractivity contribution is -0.0771. The van der Waals surface area contributed by atoms with Gasteiger partial charge < -0.3 is 14.4 Å². The number of likely N-dealkylation sites (tertiary alicyclic amines) is 1. The maximum atomic E-state index is 14.6. The molecule has 1 amide bonds. The molecule has 0 aliphatic carbocycles. The molecule has 0 unspecified atom stereocenters. The molecule has 1 aliphatic rings. The van der Waals surface area contributed by atoms with Crippen molar-refractivity contribution >= 4 is 6.09 Å². The Morgan fingerprint density at radius 1 is 1.21 bits per heavy atom. The quantitative estimate of drug-likeness (QED) is 0.718. The average Bonchev–Trinajstić information content (AvgIpc) is 2.66. The lowest BCUT2D eigenvalue weighted by Gasteiger charge is -2.38. The van der Waals surface area contributed by atoms with Crippen molar-refractivity contribution in [2.75, 3.05) is 13.1 Å². The van der Waals surface area contributed by atoms with Crippen molar-refractivity contribution in [1.82, 2.24) is 9.88 Å². The van der Waals surface area contributed by atoms with Crippen LogP contribution in [0.5, 0.6) is 5.88 Å². The van der Waals surface area contributed by atoms with E-state index < -0.39 is 30.0 Å². The van der Waals surface area contributed by atoms with Crippen LogP contribution in [0, 0.1) is 0 Å². The molecule has 0 spiro atoms. The number of alkyl halides is 2. The minimum absolute atomic E-state index is 0.0376. The number of aromatic nitrogens is 1. The van der Waals surface area contributed by atoms with Crippen molar-refractivity contribution in [3.05, 3.63) is 59.8 Å². The molecule has 156 valence electrons. The Balaban J connectivity index is 1.67. The summed E-state index contributed by atoms with van der Waals surface area (Å²) in [6.45, 7) is 5.44. The smallest absolute Gasteiger partial charge is 0.410 e. The highest BCUT2D eigenvalue weighted by Crippen LogP contribution is 2.40. The van der Waals surface area contributed by atoms with Crippen LogP contribution in [0.25, 0.3) is 0 Å². The highest BCUT2D eigenvalue weighted by Gasteiger charge is 2.46. The number of pyridine rings is 1. The Bertz CT molecular complexity index is 820. The first kappa shape index (κ1) is 21.0. The van der Waals surface area contributed by atoms with Crippen molar-refractivity contribution in [1.29, 1.82) is 0 Å². The van der Waals surface area contributed by atoms with Gasteiger partial charge in [-0.3, -0.25) is 0 Å². The molecule has 0 radical (unpaired) electrons. The van der Waals surface area contributed by atoms with Crippen LogP contribution in [-0.2, 0) is 11.3 Å². The SMILES string of the molecule is CC(C)(C)OC(=O)N1CCC(F)(F)[C@@H](c2ccc(OCc3ccccc3)nc2)C1. The van der Waals surface area contributed by atoms with Gasteiger partial charge in [-0.25, -0.2) is 18.6 Å². The molecule has 3 rings (SSSR count). The highest BCUT2D eigenvalue weighted by atomic mass is 19.3. The molecule has 0 N–H and O–H groups in total. The van der Waals surface area contributed by atoms with Crippen molar-refractivity contribution in [3.8, 4) is 5.88 Å². The largest absolute Gasteiger partial charge is 0.473 e. The van der Waals surface area contributed by atoms with E-state index >= 15 is 0 Å². The van der Waals surface area contributed by atoms with E-state index in [1.807, 2.05) is 30.3 Å². The molecule has 1 aliphatic heterocycles. The molecule has 1 aromatic carbocycles. The van der Waals surface area contributed by atoms with Crippen LogP contribution in [0.1, 0.15) is 44.2 Å². The summed E-state index contributed by atoms with van der Waals surface area (Å²) in [5.74, 6) is -3.70. The first-order chi connectivity index (χ1) is 13.6. The summed E-state index contributed by atoms with van der Waals surface area (Å²) in [5.41, 5.74) is 0.687. The summed E-state index contributed by atoms with van der Waals surface area (Å²) in [6.07, 6.45) is 0.412. The van der Waals surface area contributed by atoms with Crippen LogP contribution in [0.3, 0.4) is 0 Å². The highest BCUT2D eigenvalue weighted by molar-refractivity contribution is 5.68. The number of carbonyl (C=O) groups excluding carboxylic acids is 1. The van der Waals surface area contributed by atoms with Gasteiger partial charge in [-0.15, -0.1) is 0 Å². The Hall–Kier alpha value is -2.70. The molecule has 0 bridgehead atoms. The molecule has 1 aromatic heterocycles. The summed E-state index contributed by atoms with van der Waals surface area (Å²) in [6, 6.07) is 12.8. The summed E-state index contributed by atoms with van der Waals surface area (Å²) in [5, 5.41) is 0. The van der Waals surface area contributed by atoms with Gasteiger partial charge in [0.25, 0.3) is 5.92 Å². The minimum atomic E-state index is -2.92. The predicted molar refractivity (Wildman–Crippen MR) is 105 cm³/mol. The third-order valence-electron chi connectivity index (χ3n) is 4.67. The van der Waals surface area contributed by atoms with E-state index in [1.165, 1.54) is 11.1 Å². The Labute approximate surface area is 169 Å². The fourth-order valence-corrected chi connectivity index (χ4v) is 3.16. The molecule has 1 atom stereocenters. The molecule has 0 saturated carbocycles. The Kier molecular flexibility index (Phi) is 6.05. The van der Waals surface area contributed by atoms with Gasteiger partial charge in [-0.1, -0.05) is 36.4 Å². The Morgan fingerprint density at radius 2 is 1.93 bits per heavy atom. The Morgan fingerprint density at radius 3 is 2.55 bits per heavy atom. The van der Waals surface area contributed by atoms with Gasteiger partial charge in [-0.2, -0.15) is 0 Å². The molecule has 7 heteroatoms. The number of ether oxygens (including phenoxy) is 2. The van der Waals surface area contributed by atoms with Crippen LogP contribution >= 0.6 is 0 Å². The second-order valence-electron chi connectivity index (χ2n) is 8.19. The number of carbonyl (C=O) groups is 1. The number of nitrogens with zero attached hydrogens (tertiary/aromatic N) is 2. The third-order valence-corrected chi connectivity index (χ3v) is 4.67. The first-order valence-electron chi connectivity index (χ1n) is 9.62. The topological polar surface area (TPSA) is 51.7 Å². The van der Waals surface area contributed by atoms with Gasteiger partial charge in [0, 0.05) is 31.8 Å². The van der Waals surface area contributed by atoms with Gasteiger partial charge in [0.05, 0.1) is 5.92 Å². The first-order valence-corrected chi connectivity index (χ1v) is 9.62. The van der Waals surface area contributed by atoms with E-state index in [0.717, 1.165) is 5.56 Å². The van der Waals surface area contributed by atoms with Crippen molar-refractivity contribution in [2.45, 2.75) is 51.2 Å². The predicted octanol–water partition coefficient (Wildman–Crippen LogP) is 5.02. The zero-order valence-electron chi connectivity index (χ0n) is 16.9. The van der Waals surface area contributed by atoms with Crippen LogP contribution < -0.4 is 4.74 Å². The van der Waals surface area contributed by atoms with E-state index in [1.54, 1.807) is 32.9 Å². The number of benzene rings is 1. The van der Waals surface area contributed by atoms with Crippen LogP contribution in [0.4, 0.5) is 13.6 Å².